The maximum absolute atomic E-state index is 14.4. The maximum Gasteiger partial charge on any atom is 0.329 e. The van der Waals surface area contributed by atoms with Crippen LogP contribution < -0.4 is 0 Å². The highest BCUT2D eigenvalue weighted by atomic mass is 16.6. The number of nitrogens with zero attached hydrogens (tertiary/aromatic N) is 1. The molecule has 3 N–H and O–H groups in total. The normalized spacial score (nSPS) is 43.2. The number of aliphatic hydroxyl groups is 3. The maximum atomic E-state index is 14.4. The number of esters is 1. The molecule has 14 heteroatoms. The minimum absolute atomic E-state index is 0.0231. The van der Waals surface area contributed by atoms with Crippen LogP contribution in [0.2, 0.25) is 0 Å². The number of rotatable bonds is 5. The van der Waals surface area contributed by atoms with Crippen LogP contribution in [0.1, 0.15) is 112 Å². The summed E-state index contributed by atoms with van der Waals surface area (Å²) in [5.41, 5.74) is 1.28. The molecule has 1 aliphatic carbocycles. The van der Waals surface area contributed by atoms with Crippen LogP contribution in [0.5, 0.6) is 0 Å². The van der Waals surface area contributed by atoms with Crippen molar-refractivity contribution in [2.75, 3.05) is 27.9 Å². The highest BCUT2D eigenvalue weighted by Crippen LogP contribution is 2.45. The molecule has 64 heavy (non-hydrogen) atoms. The SMILES string of the molecule is COC1CC(C[C@H]2C3CCCN4C(=O)C(=O)C5(O)O[C@@H](CCC5C)C[C@H](OC)/C(C)=C/C=C/C=C/C(C)CC(C)C(=O)[C@H](OC)C(O)/C(C)=C/C(C)C(=O)C[C@@H]2OC(=O)C34)CCC1O. The quantitative estimate of drug-likeness (QED) is 0.181. The molecule has 3 saturated heterocycles. The zero-order chi connectivity index (χ0) is 47.0. The first kappa shape index (κ1) is 51.6. The van der Waals surface area contributed by atoms with Crippen molar-refractivity contribution in [3.63, 3.8) is 0 Å². The van der Waals surface area contributed by atoms with Crippen LogP contribution in [0.4, 0.5) is 0 Å². The molecule has 4 bridgehead atoms. The number of hydrogen-bond acceptors (Lipinski definition) is 13. The molecule has 11 unspecified atom stereocenters. The molecule has 14 nitrogen and oxygen atoms in total. The van der Waals surface area contributed by atoms with Crippen molar-refractivity contribution in [3.05, 3.63) is 47.6 Å². The number of methoxy groups -OCH3 is 3. The van der Waals surface area contributed by atoms with Gasteiger partial charge in [-0.1, -0.05) is 64.2 Å². The van der Waals surface area contributed by atoms with Crippen LogP contribution in [-0.4, -0.2) is 132 Å². The lowest BCUT2D eigenvalue weighted by atomic mass is 9.68. The summed E-state index contributed by atoms with van der Waals surface area (Å²) in [5, 5.41) is 34.1. The van der Waals surface area contributed by atoms with Crippen molar-refractivity contribution in [1.29, 1.82) is 0 Å². The van der Waals surface area contributed by atoms with Gasteiger partial charge in [-0.15, -0.1) is 0 Å². The Bertz CT molecular complexity index is 1790. The van der Waals surface area contributed by atoms with Crippen molar-refractivity contribution >= 4 is 29.2 Å². The molecule has 0 aromatic carbocycles. The number of fused-ring (bicyclic) bond motifs is 4. The summed E-state index contributed by atoms with van der Waals surface area (Å²) >= 11 is 0. The second-order valence-corrected chi connectivity index (χ2v) is 19.5. The lowest BCUT2D eigenvalue weighted by Gasteiger charge is -2.50. The average molecular weight is 898 g/mol. The number of Topliss-reactive ketones (excluding diaryl/α,β-unsaturated/α-hetero) is 3. The van der Waals surface area contributed by atoms with Crippen LogP contribution in [-0.2, 0) is 47.7 Å². The largest absolute Gasteiger partial charge is 0.460 e. The van der Waals surface area contributed by atoms with E-state index < -0.39 is 95.7 Å². The van der Waals surface area contributed by atoms with E-state index in [4.69, 9.17) is 23.7 Å². The van der Waals surface area contributed by atoms with Gasteiger partial charge in [0.05, 0.1) is 24.4 Å². The summed E-state index contributed by atoms with van der Waals surface area (Å²) in [4.78, 5) is 72.0. The van der Waals surface area contributed by atoms with Crippen molar-refractivity contribution < 1.29 is 63.0 Å². The van der Waals surface area contributed by atoms with E-state index in [-0.39, 0.29) is 42.5 Å². The predicted octanol–water partition coefficient (Wildman–Crippen LogP) is 5.40. The number of carbonyl (C=O) groups is 5. The van der Waals surface area contributed by atoms with Gasteiger partial charge in [-0.05, 0) is 101 Å². The first-order valence-electron chi connectivity index (χ1n) is 23.5. The molecule has 0 radical (unpaired) electrons. The molecule has 0 spiro atoms. The fraction of sp³-hybridized carbons (Fsp3) is 0.740. The number of ether oxygens (including phenoxy) is 5. The lowest BCUT2D eigenvalue weighted by molar-refractivity contribution is -0.266. The van der Waals surface area contributed by atoms with Crippen LogP contribution in [0.15, 0.2) is 47.6 Å². The summed E-state index contributed by atoms with van der Waals surface area (Å²) in [5.74, 6) is -8.43. The Kier molecular flexibility index (Phi) is 18.5. The molecule has 4 fully saturated rings. The first-order valence-corrected chi connectivity index (χ1v) is 23.5. The standard InChI is InChI=1S/C50H75NO13/c1-28-14-11-10-12-15-29(2)40(60-7)26-35-19-17-33(6)50(59,64-35)47(56)48(57)51-21-13-16-36-37(24-34-18-20-38(52)42(25-34)61-8)41(63-49(58)43(36)51)27-39(53)30(3)23-32(5)45(55)46(62-9)44(54)31(4)22-28/h10-12,14-15,23,28,30-31,33-38,40-43,45-46,52,55,59H,13,16-22,24-27H2,1-9H3/b12-10+,14-11+,29-15+,32-23+/t28?,30?,31?,33?,34?,35-,36?,37-,38?,40-,41-,42?,43?,45?,46-,50?/m0/s1. The molecular weight excluding hydrogens is 823 g/mol. The van der Waals surface area contributed by atoms with E-state index in [9.17, 15) is 39.3 Å². The lowest BCUT2D eigenvalue weighted by Crippen LogP contribution is -2.65. The molecule has 5 aliphatic rings. The van der Waals surface area contributed by atoms with Gasteiger partial charge in [-0.3, -0.25) is 19.2 Å². The van der Waals surface area contributed by atoms with Crippen molar-refractivity contribution in [2.24, 2.45) is 41.4 Å². The highest BCUT2D eigenvalue weighted by molar-refractivity contribution is 6.39. The minimum Gasteiger partial charge on any atom is -0.460 e. The minimum atomic E-state index is -2.43. The van der Waals surface area contributed by atoms with Crippen molar-refractivity contribution in [2.45, 2.75) is 167 Å². The smallest absolute Gasteiger partial charge is 0.329 e. The third-order valence-electron chi connectivity index (χ3n) is 14.9. The van der Waals surface area contributed by atoms with Gasteiger partial charge in [-0.25, -0.2) is 4.79 Å². The summed E-state index contributed by atoms with van der Waals surface area (Å²) in [6.45, 7) is 10.9. The fourth-order valence-corrected chi connectivity index (χ4v) is 10.9. The Hall–Kier alpha value is -3.37. The Balaban J connectivity index is 1.51. The second kappa shape index (κ2) is 22.9. The van der Waals surface area contributed by atoms with Gasteiger partial charge >= 0.3 is 5.97 Å². The van der Waals surface area contributed by atoms with E-state index in [1.165, 1.54) is 12.0 Å². The van der Waals surface area contributed by atoms with E-state index >= 15 is 0 Å². The molecule has 4 heterocycles. The zero-order valence-electron chi connectivity index (χ0n) is 39.5. The van der Waals surface area contributed by atoms with Crippen LogP contribution in [0.25, 0.3) is 0 Å². The monoisotopic (exact) mass is 898 g/mol. The molecule has 1 saturated carbocycles. The number of aliphatic hydroxyl groups excluding tert-OH is 2. The van der Waals surface area contributed by atoms with Gasteiger partial charge in [-0.2, -0.15) is 0 Å². The van der Waals surface area contributed by atoms with Crippen LogP contribution in [0.3, 0.4) is 0 Å². The zero-order valence-corrected chi connectivity index (χ0v) is 39.5. The fourth-order valence-electron chi connectivity index (χ4n) is 10.9. The molecule has 358 valence electrons. The van der Waals surface area contributed by atoms with Gasteiger partial charge in [0.1, 0.15) is 30.1 Å². The number of hydrogen-bond donors (Lipinski definition) is 3. The number of piperidine rings is 1. The third-order valence-corrected chi connectivity index (χ3v) is 14.9. The average Bonchev–Trinajstić information content (AvgIpc) is 3.27. The Morgan fingerprint density at radius 2 is 1.58 bits per heavy atom. The molecule has 16 atom stereocenters. The first-order chi connectivity index (χ1) is 30.3. The summed E-state index contributed by atoms with van der Waals surface area (Å²) in [6.07, 6.45) is 10.8. The van der Waals surface area contributed by atoms with E-state index in [2.05, 4.69) is 0 Å². The Labute approximate surface area is 379 Å². The van der Waals surface area contributed by atoms with E-state index in [0.29, 0.717) is 69.8 Å². The molecule has 1 amide bonds. The number of allylic oxidation sites excluding steroid dienone is 6. The van der Waals surface area contributed by atoms with Crippen molar-refractivity contribution in [3.8, 4) is 0 Å². The van der Waals surface area contributed by atoms with Gasteiger partial charge in [0, 0.05) is 64.4 Å². The molecular formula is C50H75NO13. The highest BCUT2D eigenvalue weighted by Gasteiger charge is 2.57. The number of ketones is 3. The van der Waals surface area contributed by atoms with Gasteiger partial charge in [0.25, 0.3) is 11.7 Å². The van der Waals surface area contributed by atoms with Crippen LogP contribution in [0, 0.1) is 41.4 Å². The number of carbonyl (C=O) groups excluding carboxylic acids is 5. The molecule has 4 aliphatic heterocycles. The van der Waals surface area contributed by atoms with E-state index in [1.54, 1.807) is 41.1 Å². The molecule has 5 rings (SSSR count). The number of amides is 1. The summed E-state index contributed by atoms with van der Waals surface area (Å²) in [6, 6.07) is -1.12. The molecule has 0 aromatic heterocycles. The van der Waals surface area contributed by atoms with Crippen molar-refractivity contribution in [1.82, 2.24) is 4.90 Å². The topological polar surface area (TPSA) is 195 Å². The van der Waals surface area contributed by atoms with Gasteiger partial charge < -0.3 is 43.9 Å². The Morgan fingerprint density at radius 3 is 2.27 bits per heavy atom. The predicted molar refractivity (Wildman–Crippen MR) is 238 cm³/mol. The third kappa shape index (κ3) is 12.0. The summed E-state index contributed by atoms with van der Waals surface area (Å²) < 4.78 is 29.4. The molecule has 0 aromatic rings. The summed E-state index contributed by atoms with van der Waals surface area (Å²) in [7, 11) is 4.52. The van der Waals surface area contributed by atoms with Crippen LogP contribution >= 0.6 is 0 Å². The Morgan fingerprint density at radius 1 is 0.844 bits per heavy atom. The van der Waals surface area contributed by atoms with Gasteiger partial charge in [0.15, 0.2) is 5.78 Å². The second-order valence-electron chi connectivity index (χ2n) is 19.5. The van der Waals surface area contributed by atoms with Gasteiger partial charge in [0.2, 0.25) is 5.79 Å². The van der Waals surface area contributed by atoms with E-state index in [0.717, 1.165) is 5.57 Å². The van der Waals surface area contributed by atoms with E-state index in [1.807, 2.05) is 51.2 Å².